The first-order valence-corrected chi connectivity index (χ1v) is 7.41. The van der Waals surface area contributed by atoms with Gasteiger partial charge in [0.1, 0.15) is 5.75 Å². The lowest BCUT2D eigenvalue weighted by Crippen LogP contribution is -2.29. The van der Waals surface area contributed by atoms with Gasteiger partial charge in [-0.05, 0) is 36.0 Å². The molecule has 0 radical (unpaired) electrons. The zero-order valence-electron chi connectivity index (χ0n) is 12.0. The van der Waals surface area contributed by atoms with Crippen molar-refractivity contribution in [3.63, 3.8) is 0 Å². The number of hydrogen-bond donors (Lipinski definition) is 2. The fraction of sp³-hybridized carbons (Fsp3) is 0.562. The molecule has 3 rings (SSSR count). The van der Waals surface area contributed by atoms with Crippen LogP contribution in [0.3, 0.4) is 0 Å². The average molecular weight is 274 g/mol. The molecule has 1 amide bonds. The fourth-order valence-corrected chi connectivity index (χ4v) is 3.15. The van der Waals surface area contributed by atoms with E-state index in [1.165, 1.54) is 31.2 Å². The molecular formula is C16H22N2O2. The second-order valence-electron chi connectivity index (χ2n) is 6.29. The topological polar surface area (TPSA) is 50.4 Å². The second-order valence-corrected chi connectivity index (χ2v) is 6.29. The van der Waals surface area contributed by atoms with Crippen molar-refractivity contribution in [1.82, 2.24) is 5.32 Å². The molecule has 0 saturated heterocycles. The molecule has 108 valence electrons. The average Bonchev–Trinajstić information content (AvgIpc) is 2.85. The van der Waals surface area contributed by atoms with Crippen LogP contribution < -0.4 is 15.4 Å². The van der Waals surface area contributed by atoms with Crippen LogP contribution in [-0.4, -0.2) is 19.1 Å². The molecule has 0 unspecified atom stereocenters. The summed E-state index contributed by atoms with van der Waals surface area (Å²) in [6, 6.07) is 5.99. The molecule has 0 spiro atoms. The number of anilines is 1. The minimum absolute atomic E-state index is 0.0823. The molecule has 1 fully saturated rings. The first kappa shape index (κ1) is 13.4. The summed E-state index contributed by atoms with van der Waals surface area (Å²) in [4.78, 5) is 11.3. The number of amides is 1. The molecule has 1 aromatic carbocycles. The van der Waals surface area contributed by atoms with Gasteiger partial charge in [-0.3, -0.25) is 4.79 Å². The molecule has 1 saturated carbocycles. The largest absolute Gasteiger partial charge is 0.482 e. The predicted molar refractivity (Wildman–Crippen MR) is 78.8 cm³/mol. The first-order chi connectivity index (χ1) is 9.65. The maximum Gasteiger partial charge on any atom is 0.262 e. The zero-order chi connectivity index (χ0) is 14.0. The Bertz CT molecular complexity index is 507. The third kappa shape index (κ3) is 2.96. The number of benzene rings is 1. The molecule has 2 N–H and O–H groups in total. The van der Waals surface area contributed by atoms with Crippen LogP contribution in [0.4, 0.5) is 5.69 Å². The van der Waals surface area contributed by atoms with Crippen molar-refractivity contribution in [2.75, 3.05) is 18.5 Å². The van der Waals surface area contributed by atoms with Crippen molar-refractivity contribution in [2.45, 2.75) is 39.2 Å². The molecule has 0 aromatic heterocycles. The zero-order valence-corrected chi connectivity index (χ0v) is 12.0. The summed E-state index contributed by atoms with van der Waals surface area (Å²) >= 11 is 0. The molecular weight excluding hydrogens is 252 g/mol. The Labute approximate surface area is 119 Å². The second kappa shape index (κ2) is 5.44. The Hall–Kier alpha value is -1.55. The van der Waals surface area contributed by atoms with Crippen LogP contribution in [0.1, 0.15) is 38.2 Å². The number of hydrogen-bond acceptors (Lipinski definition) is 3. The van der Waals surface area contributed by atoms with Gasteiger partial charge in [0.2, 0.25) is 0 Å². The summed E-state index contributed by atoms with van der Waals surface area (Å²) < 4.78 is 5.36. The summed E-state index contributed by atoms with van der Waals surface area (Å²) in [5.74, 6) is 0.678. The van der Waals surface area contributed by atoms with Crippen LogP contribution in [0.15, 0.2) is 18.2 Å². The van der Waals surface area contributed by atoms with Gasteiger partial charge in [0.25, 0.3) is 5.91 Å². The van der Waals surface area contributed by atoms with Crippen LogP contribution in [0.25, 0.3) is 0 Å². The van der Waals surface area contributed by atoms with E-state index in [2.05, 4.69) is 23.6 Å². The van der Waals surface area contributed by atoms with E-state index in [1.54, 1.807) is 0 Å². The maximum absolute atomic E-state index is 11.3. The minimum atomic E-state index is -0.0823. The predicted octanol–water partition coefficient (Wildman–Crippen LogP) is 2.69. The molecule has 20 heavy (non-hydrogen) atoms. The first-order valence-electron chi connectivity index (χ1n) is 7.41. The van der Waals surface area contributed by atoms with Gasteiger partial charge in [-0.1, -0.05) is 25.8 Å². The van der Waals surface area contributed by atoms with E-state index in [-0.39, 0.29) is 12.5 Å². The summed E-state index contributed by atoms with van der Waals surface area (Å²) in [5.41, 5.74) is 2.43. The van der Waals surface area contributed by atoms with E-state index >= 15 is 0 Å². The lowest BCUT2D eigenvalue weighted by molar-refractivity contribution is -0.118. The van der Waals surface area contributed by atoms with Gasteiger partial charge in [-0.25, -0.2) is 0 Å². The van der Waals surface area contributed by atoms with Crippen molar-refractivity contribution < 1.29 is 9.53 Å². The molecule has 2 aliphatic rings. The molecule has 1 aliphatic carbocycles. The molecule has 1 heterocycles. The van der Waals surface area contributed by atoms with Crippen LogP contribution in [0, 0.1) is 5.41 Å². The lowest BCUT2D eigenvalue weighted by atomic mass is 9.89. The standard InChI is InChI=1S/C16H22N2O2/c1-16(6-2-3-7-16)11-17-9-12-4-5-14-13(8-12)18-15(19)10-20-14/h4-5,8,17H,2-3,6-7,9-11H2,1H3,(H,18,19). The Balaban J connectivity index is 1.58. The number of nitrogens with one attached hydrogen (secondary N) is 2. The van der Waals surface area contributed by atoms with Gasteiger partial charge < -0.3 is 15.4 Å². The Morgan fingerprint density at radius 2 is 2.15 bits per heavy atom. The van der Waals surface area contributed by atoms with Gasteiger partial charge in [0, 0.05) is 13.1 Å². The molecule has 0 bridgehead atoms. The third-order valence-corrected chi connectivity index (χ3v) is 4.37. The highest BCUT2D eigenvalue weighted by Crippen LogP contribution is 2.36. The monoisotopic (exact) mass is 274 g/mol. The summed E-state index contributed by atoms with van der Waals surface area (Å²) in [6.45, 7) is 4.38. The summed E-state index contributed by atoms with van der Waals surface area (Å²) in [5, 5.41) is 6.40. The highest BCUT2D eigenvalue weighted by atomic mass is 16.5. The van der Waals surface area contributed by atoms with Crippen LogP contribution in [-0.2, 0) is 11.3 Å². The van der Waals surface area contributed by atoms with Gasteiger partial charge in [0.05, 0.1) is 5.69 Å². The van der Waals surface area contributed by atoms with E-state index in [9.17, 15) is 4.79 Å². The van der Waals surface area contributed by atoms with Crippen molar-refractivity contribution in [1.29, 1.82) is 0 Å². The fourth-order valence-electron chi connectivity index (χ4n) is 3.15. The molecule has 4 heteroatoms. The number of fused-ring (bicyclic) bond motifs is 1. The van der Waals surface area contributed by atoms with E-state index in [4.69, 9.17) is 4.74 Å². The normalized spacial score (nSPS) is 20.1. The minimum Gasteiger partial charge on any atom is -0.482 e. The van der Waals surface area contributed by atoms with Gasteiger partial charge >= 0.3 is 0 Å². The maximum atomic E-state index is 11.3. The molecule has 1 aromatic rings. The van der Waals surface area contributed by atoms with Crippen molar-refractivity contribution in [2.24, 2.45) is 5.41 Å². The number of carbonyl (C=O) groups is 1. The van der Waals surface area contributed by atoms with Crippen LogP contribution >= 0.6 is 0 Å². The number of rotatable bonds is 4. The molecule has 4 nitrogen and oxygen atoms in total. The van der Waals surface area contributed by atoms with Crippen molar-refractivity contribution in [3.05, 3.63) is 23.8 Å². The van der Waals surface area contributed by atoms with Crippen LogP contribution in [0.5, 0.6) is 5.75 Å². The number of ether oxygens (including phenoxy) is 1. The van der Waals surface area contributed by atoms with Crippen molar-refractivity contribution in [3.8, 4) is 5.75 Å². The van der Waals surface area contributed by atoms with Crippen LogP contribution in [0.2, 0.25) is 0 Å². The highest BCUT2D eigenvalue weighted by Gasteiger charge is 2.27. The van der Waals surface area contributed by atoms with E-state index < -0.39 is 0 Å². The summed E-state index contributed by atoms with van der Waals surface area (Å²) in [6.07, 6.45) is 5.38. The Kier molecular flexibility index (Phi) is 3.66. The molecule has 1 aliphatic heterocycles. The SMILES string of the molecule is CC1(CNCc2ccc3c(c2)NC(=O)CO3)CCCC1. The van der Waals surface area contributed by atoms with E-state index in [1.807, 2.05) is 12.1 Å². The van der Waals surface area contributed by atoms with Crippen molar-refractivity contribution >= 4 is 11.6 Å². The van der Waals surface area contributed by atoms with E-state index in [0.29, 0.717) is 5.41 Å². The van der Waals surface area contributed by atoms with Gasteiger partial charge in [-0.15, -0.1) is 0 Å². The highest BCUT2D eigenvalue weighted by molar-refractivity contribution is 5.95. The van der Waals surface area contributed by atoms with E-state index in [0.717, 1.165) is 24.5 Å². The van der Waals surface area contributed by atoms with Gasteiger partial charge in [-0.2, -0.15) is 0 Å². The number of carbonyl (C=O) groups excluding carboxylic acids is 1. The Morgan fingerprint density at radius 1 is 1.35 bits per heavy atom. The lowest BCUT2D eigenvalue weighted by Gasteiger charge is -2.24. The smallest absolute Gasteiger partial charge is 0.262 e. The Morgan fingerprint density at radius 3 is 2.95 bits per heavy atom. The summed E-state index contributed by atoms with van der Waals surface area (Å²) in [7, 11) is 0. The van der Waals surface area contributed by atoms with Gasteiger partial charge in [0.15, 0.2) is 6.61 Å². The third-order valence-electron chi connectivity index (χ3n) is 4.37. The molecule has 0 atom stereocenters. The quantitative estimate of drug-likeness (QED) is 0.887.